The fourth-order valence-electron chi connectivity index (χ4n) is 3.11. The standard InChI is InChI=1S/C19H20N4O3/c1-3-4-13-10-23(9-11(13)2)18(26)17-14-7-12(8-16(24)25)5-6-15(14)21-19(20)22-17/h3-7H,8-10H2,1-2H3,(H,24,25)(H2,20,21,22). The van der Waals surface area contributed by atoms with E-state index < -0.39 is 5.97 Å². The van der Waals surface area contributed by atoms with Crippen LogP contribution in [0.1, 0.15) is 29.9 Å². The first kappa shape index (κ1) is 17.6. The van der Waals surface area contributed by atoms with Crippen LogP contribution in [0.3, 0.4) is 0 Å². The van der Waals surface area contributed by atoms with Crippen molar-refractivity contribution in [1.82, 2.24) is 14.9 Å². The molecule has 0 fully saturated rings. The topological polar surface area (TPSA) is 109 Å². The number of nitrogens with zero attached hydrogens (tertiary/aromatic N) is 3. The van der Waals surface area contributed by atoms with Crippen molar-refractivity contribution in [2.24, 2.45) is 0 Å². The number of aliphatic carboxylic acids is 1. The number of amides is 1. The van der Waals surface area contributed by atoms with Crippen molar-refractivity contribution >= 4 is 28.7 Å². The van der Waals surface area contributed by atoms with Crippen LogP contribution in [0, 0.1) is 0 Å². The largest absolute Gasteiger partial charge is 0.481 e. The molecule has 0 bridgehead atoms. The van der Waals surface area contributed by atoms with Gasteiger partial charge in [-0.2, -0.15) is 0 Å². The number of carbonyl (C=O) groups is 2. The Balaban J connectivity index is 2.01. The number of carboxylic acid groups (broad SMARTS) is 1. The summed E-state index contributed by atoms with van der Waals surface area (Å²) in [5.41, 5.74) is 9.32. The number of anilines is 1. The van der Waals surface area contributed by atoms with Crippen LogP contribution in [0.15, 0.2) is 41.5 Å². The maximum absolute atomic E-state index is 13.1. The number of nitrogen functional groups attached to an aromatic ring is 1. The molecule has 0 spiro atoms. The summed E-state index contributed by atoms with van der Waals surface area (Å²) >= 11 is 0. The lowest BCUT2D eigenvalue weighted by molar-refractivity contribution is -0.136. The molecule has 0 atom stereocenters. The van der Waals surface area contributed by atoms with Crippen LogP contribution in [0.5, 0.6) is 0 Å². The third-order valence-electron chi connectivity index (χ3n) is 4.33. The average Bonchev–Trinajstić information content (AvgIpc) is 2.94. The molecule has 0 unspecified atom stereocenters. The van der Waals surface area contributed by atoms with Gasteiger partial charge < -0.3 is 15.7 Å². The van der Waals surface area contributed by atoms with Crippen molar-refractivity contribution in [3.05, 3.63) is 52.8 Å². The molecule has 2 aromatic rings. The van der Waals surface area contributed by atoms with Crippen molar-refractivity contribution in [1.29, 1.82) is 0 Å². The highest BCUT2D eigenvalue weighted by Crippen LogP contribution is 2.24. The average molecular weight is 352 g/mol. The number of rotatable bonds is 4. The molecule has 1 aliphatic heterocycles. The zero-order chi connectivity index (χ0) is 18.8. The van der Waals surface area contributed by atoms with Crippen LogP contribution in [0.4, 0.5) is 5.95 Å². The minimum absolute atomic E-state index is 0.0180. The van der Waals surface area contributed by atoms with Crippen LogP contribution >= 0.6 is 0 Å². The predicted octanol–water partition coefficient (Wildman–Crippen LogP) is 2.19. The first-order valence-corrected chi connectivity index (χ1v) is 8.27. The molecule has 0 saturated carbocycles. The Kier molecular flexibility index (Phi) is 4.71. The van der Waals surface area contributed by atoms with Crippen molar-refractivity contribution in [2.45, 2.75) is 20.3 Å². The van der Waals surface area contributed by atoms with Crippen LogP contribution in [-0.4, -0.2) is 44.9 Å². The minimum Gasteiger partial charge on any atom is -0.481 e. The van der Waals surface area contributed by atoms with Crippen LogP contribution in [0.25, 0.3) is 10.9 Å². The zero-order valence-electron chi connectivity index (χ0n) is 14.7. The quantitative estimate of drug-likeness (QED) is 0.873. The Hall–Kier alpha value is -3.22. The number of allylic oxidation sites excluding steroid dienone is 1. The molecule has 1 amide bonds. The molecule has 2 heterocycles. The van der Waals surface area contributed by atoms with Gasteiger partial charge in [0.1, 0.15) is 5.69 Å². The maximum atomic E-state index is 13.1. The highest BCUT2D eigenvalue weighted by Gasteiger charge is 2.26. The lowest BCUT2D eigenvalue weighted by Crippen LogP contribution is -2.30. The number of carboxylic acids is 1. The van der Waals surface area contributed by atoms with Gasteiger partial charge in [0.15, 0.2) is 0 Å². The number of carbonyl (C=O) groups excluding carboxylic acids is 1. The van der Waals surface area contributed by atoms with Gasteiger partial charge in [0.25, 0.3) is 5.91 Å². The van der Waals surface area contributed by atoms with E-state index in [1.54, 1.807) is 23.1 Å². The number of hydrogen-bond donors (Lipinski definition) is 2. The monoisotopic (exact) mass is 352 g/mol. The highest BCUT2D eigenvalue weighted by atomic mass is 16.4. The summed E-state index contributed by atoms with van der Waals surface area (Å²) in [7, 11) is 0. The van der Waals surface area contributed by atoms with E-state index in [4.69, 9.17) is 10.8 Å². The highest BCUT2D eigenvalue weighted by molar-refractivity contribution is 6.05. The summed E-state index contributed by atoms with van der Waals surface area (Å²) in [6.07, 6.45) is 3.81. The van der Waals surface area contributed by atoms with Gasteiger partial charge in [-0.1, -0.05) is 18.2 Å². The van der Waals surface area contributed by atoms with Gasteiger partial charge in [0.2, 0.25) is 5.95 Å². The Labute approximate surface area is 150 Å². The van der Waals surface area contributed by atoms with Crippen molar-refractivity contribution in [2.75, 3.05) is 18.8 Å². The molecular weight excluding hydrogens is 332 g/mol. The van der Waals surface area contributed by atoms with Gasteiger partial charge in [-0.15, -0.1) is 0 Å². The molecule has 0 aliphatic carbocycles. The van der Waals surface area contributed by atoms with E-state index in [-0.39, 0.29) is 24.0 Å². The van der Waals surface area contributed by atoms with Crippen molar-refractivity contribution < 1.29 is 14.7 Å². The lowest BCUT2D eigenvalue weighted by atomic mass is 10.1. The molecular formula is C19H20N4O3. The number of benzene rings is 1. The summed E-state index contributed by atoms with van der Waals surface area (Å²) in [4.78, 5) is 34.0. The first-order chi connectivity index (χ1) is 12.4. The molecule has 0 saturated heterocycles. The molecule has 0 radical (unpaired) electrons. The second kappa shape index (κ2) is 6.95. The smallest absolute Gasteiger partial charge is 0.307 e. The van der Waals surface area contributed by atoms with Gasteiger partial charge >= 0.3 is 5.97 Å². The van der Waals surface area contributed by atoms with Crippen LogP contribution < -0.4 is 5.73 Å². The van der Waals surface area contributed by atoms with E-state index in [1.807, 2.05) is 26.0 Å². The van der Waals surface area contributed by atoms with E-state index >= 15 is 0 Å². The molecule has 26 heavy (non-hydrogen) atoms. The second-order valence-electron chi connectivity index (χ2n) is 6.32. The Bertz CT molecular complexity index is 963. The van der Waals surface area contributed by atoms with E-state index in [9.17, 15) is 9.59 Å². The third-order valence-corrected chi connectivity index (χ3v) is 4.33. The molecule has 7 nitrogen and oxygen atoms in total. The maximum Gasteiger partial charge on any atom is 0.307 e. The van der Waals surface area contributed by atoms with E-state index in [2.05, 4.69) is 9.97 Å². The summed E-state index contributed by atoms with van der Waals surface area (Å²) in [5.74, 6) is -1.16. The van der Waals surface area contributed by atoms with Crippen LogP contribution in [-0.2, 0) is 11.2 Å². The molecule has 1 aromatic heterocycles. The number of hydrogen-bond acceptors (Lipinski definition) is 5. The number of aromatic nitrogens is 2. The molecule has 134 valence electrons. The minimum atomic E-state index is -0.941. The van der Waals surface area contributed by atoms with E-state index in [1.165, 1.54) is 0 Å². The number of nitrogens with two attached hydrogens (primary N) is 1. The van der Waals surface area contributed by atoms with Gasteiger partial charge in [-0.3, -0.25) is 9.59 Å². The molecule has 1 aromatic carbocycles. The molecule has 3 rings (SSSR count). The van der Waals surface area contributed by atoms with E-state index in [0.29, 0.717) is 29.6 Å². The van der Waals surface area contributed by atoms with Crippen molar-refractivity contribution in [3.8, 4) is 0 Å². The van der Waals surface area contributed by atoms with Crippen molar-refractivity contribution in [3.63, 3.8) is 0 Å². The van der Waals surface area contributed by atoms with Gasteiger partial charge in [0, 0.05) is 18.5 Å². The van der Waals surface area contributed by atoms with Gasteiger partial charge in [-0.05, 0) is 42.7 Å². The fourth-order valence-corrected chi connectivity index (χ4v) is 3.11. The summed E-state index contributed by atoms with van der Waals surface area (Å²) in [6, 6.07) is 4.99. The lowest BCUT2D eigenvalue weighted by Gasteiger charge is -2.17. The fraction of sp³-hybridized carbons (Fsp3) is 0.263. The number of fused-ring (bicyclic) bond motifs is 1. The molecule has 3 N–H and O–H groups in total. The molecule has 7 heteroatoms. The Morgan fingerprint density at radius 3 is 2.77 bits per heavy atom. The summed E-state index contributed by atoms with van der Waals surface area (Å²) < 4.78 is 0. The van der Waals surface area contributed by atoms with Crippen LogP contribution in [0.2, 0.25) is 0 Å². The zero-order valence-corrected chi connectivity index (χ0v) is 14.7. The van der Waals surface area contributed by atoms with E-state index in [0.717, 1.165) is 11.1 Å². The normalized spacial score (nSPS) is 14.6. The van der Waals surface area contributed by atoms with Gasteiger partial charge in [0.05, 0.1) is 11.9 Å². The third kappa shape index (κ3) is 3.42. The predicted molar refractivity (Wildman–Crippen MR) is 98.7 cm³/mol. The van der Waals surface area contributed by atoms with Gasteiger partial charge in [-0.25, -0.2) is 9.97 Å². The first-order valence-electron chi connectivity index (χ1n) is 8.27. The SMILES string of the molecule is CC=CC1=C(C)CN(C(=O)c2nc(N)nc3ccc(CC(=O)O)cc23)C1. The summed E-state index contributed by atoms with van der Waals surface area (Å²) in [5, 5.41) is 9.52. The molecule has 1 aliphatic rings. The Morgan fingerprint density at radius 1 is 1.31 bits per heavy atom. The second-order valence-corrected chi connectivity index (χ2v) is 6.32. The summed E-state index contributed by atoms with van der Waals surface area (Å²) in [6.45, 7) is 4.97. The Morgan fingerprint density at radius 2 is 2.08 bits per heavy atom.